The maximum atomic E-state index is 13.0. The van der Waals surface area contributed by atoms with E-state index < -0.39 is 63.7 Å². The summed E-state index contributed by atoms with van der Waals surface area (Å²) in [4.78, 5) is 19.1. The van der Waals surface area contributed by atoms with Gasteiger partial charge in [0.15, 0.2) is 0 Å². The first-order chi connectivity index (χ1) is 14.4. The van der Waals surface area contributed by atoms with Gasteiger partial charge in [-0.2, -0.15) is 41.3 Å². The SMILES string of the molecule is [2H][13C]([2H])([2H])Oc1nc(NC(=O)NS(=O)(=O)c2ccccc2C(F)(F)F)nc(C(F)(F)F)n1. The van der Waals surface area contributed by atoms with E-state index in [9.17, 15) is 39.6 Å². The number of amides is 2. The summed E-state index contributed by atoms with van der Waals surface area (Å²) in [6, 6.07) is -0.480. The number of urea groups is 1. The fourth-order valence-corrected chi connectivity index (χ4v) is 2.96. The number of benzene rings is 1. The van der Waals surface area contributed by atoms with Crippen molar-refractivity contribution in [2.75, 3.05) is 12.4 Å². The minimum absolute atomic E-state index is 0.423. The number of hydrogen-bond acceptors (Lipinski definition) is 7. The number of nitrogens with zero attached hydrogens (tertiary/aromatic N) is 3. The summed E-state index contributed by atoms with van der Waals surface area (Å²) < 4.78 is 128. The molecule has 0 saturated heterocycles. The molecule has 1 aromatic heterocycles. The largest absolute Gasteiger partial charge is 0.467 e. The van der Waals surface area contributed by atoms with E-state index in [0.29, 0.717) is 12.1 Å². The summed E-state index contributed by atoms with van der Waals surface area (Å²) in [5.41, 5.74) is -1.62. The number of ether oxygens (including phenoxy) is 1. The van der Waals surface area contributed by atoms with Crippen molar-refractivity contribution in [1.82, 2.24) is 19.7 Å². The fourth-order valence-electron chi connectivity index (χ4n) is 1.82. The lowest BCUT2D eigenvalue weighted by Crippen LogP contribution is -2.36. The number of carbonyl (C=O) groups is 1. The van der Waals surface area contributed by atoms with Crippen LogP contribution in [0.15, 0.2) is 29.2 Å². The Hall–Kier alpha value is -3.17. The standard InChI is InChI=1S/C13H9F6N5O4S/c1-28-11-21-8(13(17,18)19)20-9(23-11)22-10(25)24-29(26,27)7-5-3-2-4-6(7)12(14,15)16/h2-5H,1H3,(H2,20,21,22,23,24,25)/i1+1D3. The number of anilines is 1. The second-order valence-electron chi connectivity index (χ2n) is 4.92. The lowest BCUT2D eigenvalue weighted by molar-refractivity contribution is -0.145. The van der Waals surface area contributed by atoms with Crippen LogP contribution in [-0.4, -0.2) is 36.4 Å². The van der Waals surface area contributed by atoms with Gasteiger partial charge in [-0.3, -0.25) is 5.32 Å². The molecular weight excluding hydrogens is 437 g/mol. The lowest BCUT2D eigenvalue weighted by atomic mass is 10.2. The predicted molar refractivity (Wildman–Crippen MR) is 82.2 cm³/mol. The molecule has 0 fully saturated rings. The molecule has 2 aromatic rings. The first kappa shape index (κ1) is 17.9. The second-order valence-corrected chi connectivity index (χ2v) is 6.57. The van der Waals surface area contributed by atoms with Crippen LogP contribution in [-0.2, 0) is 22.4 Å². The molecule has 2 N–H and O–H groups in total. The smallest absolute Gasteiger partial charge is 0.451 e. The fraction of sp³-hybridized carbons (Fsp3) is 0.231. The number of rotatable bonds is 4. The van der Waals surface area contributed by atoms with E-state index in [4.69, 9.17) is 4.11 Å². The van der Waals surface area contributed by atoms with Gasteiger partial charge < -0.3 is 4.74 Å². The Morgan fingerprint density at radius 2 is 1.72 bits per heavy atom. The topological polar surface area (TPSA) is 123 Å². The molecule has 9 nitrogen and oxygen atoms in total. The van der Waals surface area contributed by atoms with E-state index in [1.807, 2.05) is 0 Å². The van der Waals surface area contributed by atoms with Crippen molar-refractivity contribution in [1.29, 1.82) is 0 Å². The van der Waals surface area contributed by atoms with Crippen LogP contribution in [0.1, 0.15) is 15.5 Å². The van der Waals surface area contributed by atoms with Gasteiger partial charge in [0.05, 0.1) is 21.6 Å². The van der Waals surface area contributed by atoms with Gasteiger partial charge in [-0.25, -0.2) is 17.9 Å². The summed E-state index contributed by atoms with van der Waals surface area (Å²) in [7, 11) is -8.46. The third-order valence-electron chi connectivity index (χ3n) is 2.89. The zero-order valence-electron chi connectivity index (χ0n) is 16.5. The summed E-state index contributed by atoms with van der Waals surface area (Å²) in [5, 5.41) is 1.43. The van der Waals surface area contributed by atoms with Crippen LogP contribution in [0.25, 0.3) is 0 Å². The summed E-state index contributed by atoms with van der Waals surface area (Å²) in [6.07, 6.45) is -10.4. The number of sulfonamides is 1. The number of methoxy groups -OCH3 is 1. The molecule has 1 heterocycles. The van der Waals surface area contributed by atoms with E-state index in [0.717, 1.165) is 16.9 Å². The van der Waals surface area contributed by atoms with Crippen molar-refractivity contribution in [3.8, 4) is 6.01 Å². The van der Waals surface area contributed by atoms with Crippen LogP contribution in [0.4, 0.5) is 37.1 Å². The van der Waals surface area contributed by atoms with Gasteiger partial charge in [0.25, 0.3) is 10.0 Å². The molecule has 0 aliphatic carbocycles. The monoisotopic (exact) mass is 449 g/mol. The van der Waals surface area contributed by atoms with Gasteiger partial charge in [-0.15, -0.1) is 0 Å². The van der Waals surface area contributed by atoms with Crippen LogP contribution in [0.3, 0.4) is 0 Å². The normalized spacial score (nSPS) is 14.3. The van der Waals surface area contributed by atoms with Gasteiger partial charge in [0.2, 0.25) is 11.8 Å². The molecule has 1 aromatic carbocycles. The predicted octanol–water partition coefficient (Wildman–Crippen LogP) is 2.43. The van der Waals surface area contributed by atoms with Gasteiger partial charge in [-0.1, -0.05) is 12.1 Å². The molecule has 2 amide bonds. The third kappa shape index (κ3) is 5.43. The maximum Gasteiger partial charge on any atom is 0.451 e. The Balaban J connectivity index is 2.34. The van der Waals surface area contributed by atoms with Gasteiger partial charge in [0.1, 0.15) is 0 Å². The van der Waals surface area contributed by atoms with Crippen LogP contribution >= 0.6 is 0 Å². The highest BCUT2D eigenvalue weighted by Gasteiger charge is 2.38. The van der Waals surface area contributed by atoms with E-state index in [2.05, 4.69) is 19.7 Å². The molecule has 0 atom stereocenters. The van der Waals surface area contributed by atoms with Crippen LogP contribution in [0.2, 0.25) is 0 Å². The lowest BCUT2D eigenvalue weighted by Gasteiger charge is -2.14. The Morgan fingerprint density at radius 3 is 2.31 bits per heavy atom. The summed E-state index contributed by atoms with van der Waals surface area (Å²) in [5.74, 6) is -3.31. The van der Waals surface area contributed by atoms with Crippen molar-refractivity contribution in [3.05, 3.63) is 35.7 Å². The van der Waals surface area contributed by atoms with Crippen molar-refractivity contribution in [2.24, 2.45) is 0 Å². The number of hydrogen-bond donors (Lipinski definition) is 2. The van der Waals surface area contributed by atoms with Gasteiger partial charge in [-0.05, 0) is 12.1 Å². The highest BCUT2D eigenvalue weighted by atomic mass is 32.2. The molecular formula is C13H9F6N5O4S. The first-order valence-corrected chi connectivity index (χ1v) is 8.39. The van der Waals surface area contributed by atoms with Gasteiger partial charge in [0, 0.05) is 0 Å². The Labute approximate surface area is 162 Å². The number of carbonyl (C=O) groups excluding carboxylic acids is 1. The Kier molecular flexibility index (Phi) is 4.74. The molecule has 0 aliphatic rings. The van der Waals surface area contributed by atoms with E-state index in [1.165, 1.54) is 5.32 Å². The average molecular weight is 449 g/mol. The quantitative estimate of drug-likeness (QED) is 0.543. The average Bonchev–Trinajstić information content (AvgIpc) is 2.58. The number of halogens is 6. The molecule has 0 bridgehead atoms. The van der Waals surface area contributed by atoms with Crippen LogP contribution < -0.4 is 14.8 Å². The first-order valence-electron chi connectivity index (χ1n) is 8.41. The van der Waals surface area contributed by atoms with Gasteiger partial charge >= 0.3 is 24.4 Å². The van der Waals surface area contributed by atoms with Crippen molar-refractivity contribution in [3.63, 3.8) is 0 Å². The zero-order valence-corrected chi connectivity index (χ0v) is 14.3. The molecule has 0 saturated carbocycles. The van der Waals surface area contributed by atoms with Crippen LogP contribution in [0, 0.1) is 0 Å². The molecule has 158 valence electrons. The second kappa shape index (κ2) is 7.69. The van der Waals surface area contributed by atoms with Crippen molar-refractivity contribution >= 4 is 22.0 Å². The summed E-state index contributed by atoms with van der Waals surface area (Å²) >= 11 is 0. The Morgan fingerprint density at radius 1 is 1.07 bits per heavy atom. The zero-order chi connectivity index (χ0) is 24.5. The summed E-state index contributed by atoms with van der Waals surface area (Å²) in [6.45, 7) is 0. The van der Waals surface area contributed by atoms with Crippen molar-refractivity contribution in [2.45, 2.75) is 17.2 Å². The van der Waals surface area contributed by atoms with Crippen LogP contribution in [0.5, 0.6) is 6.01 Å². The minimum atomic E-state index is -5.26. The Bertz CT molecular complexity index is 1120. The molecule has 0 spiro atoms. The molecule has 0 aliphatic heterocycles. The molecule has 2 rings (SSSR count). The number of alkyl halides is 6. The van der Waals surface area contributed by atoms with E-state index in [-0.39, 0.29) is 0 Å². The van der Waals surface area contributed by atoms with E-state index >= 15 is 0 Å². The van der Waals surface area contributed by atoms with E-state index in [1.54, 1.807) is 0 Å². The number of aromatic nitrogens is 3. The molecule has 16 heteroatoms. The number of nitrogens with one attached hydrogen (secondary N) is 2. The highest BCUT2D eigenvalue weighted by molar-refractivity contribution is 7.90. The minimum Gasteiger partial charge on any atom is -0.467 e. The highest BCUT2D eigenvalue weighted by Crippen LogP contribution is 2.34. The molecule has 0 unspecified atom stereocenters. The third-order valence-corrected chi connectivity index (χ3v) is 4.28. The molecule has 29 heavy (non-hydrogen) atoms. The maximum absolute atomic E-state index is 13.0. The molecule has 0 radical (unpaired) electrons. The van der Waals surface area contributed by atoms with Crippen molar-refractivity contribution < 1.29 is 48.4 Å².